The zero-order valence-electron chi connectivity index (χ0n) is 12.2. The van der Waals surface area contributed by atoms with Gasteiger partial charge in [0.25, 0.3) is 0 Å². The summed E-state index contributed by atoms with van der Waals surface area (Å²) in [4.78, 5) is -0.951. The van der Waals surface area contributed by atoms with E-state index in [0.29, 0.717) is 31.5 Å². The molecular weight excluding hydrogens is 360 g/mol. The van der Waals surface area contributed by atoms with Crippen LogP contribution in [0.15, 0.2) is 23.1 Å². The van der Waals surface area contributed by atoms with Crippen molar-refractivity contribution >= 4 is 22.4 Å². The maximum atomic E-state index is 13.1. The van der Waals surface area contributed by atoms with E-state index < -0.39 is 38.5 Å². The molecule has 4 nitrogen and oxygen atoms in total. The van der Waals surface area contributed by atoms with Crippen LogP contribution in [0.5, 0.6) is 0 Å². The molecule has 0 spiro atoms. The van der Waals surface area contributed by atoms with E-state index in [0.717, 1.165) is 0 Å². The Morgan fingerprint density at radius 1 is 1.30 bits per heavy atom. The molecule has 1 aromatic rings. The second-order valence-electron chi connectivity index (χ2n) is 5.34. The molecule has 10 heteroatoms. The van der Waals surface area contributed by atoms with E-state index in [1.54, 1.807) is 0 Å². The predicted molar refractivity (Wildman–Crippen MR) is 79.5 cm³/mol. The Labute approximate surface area is 138 Å². The van der Waals surface area contributed by atoms with Crippen molar-refractivity contribution in [2.75, 3.05) is 6.54 Å². The van der Waals surface area contributed by atoms with Crippen molar-refractivity contribution in [3.05, 3.63) is 29.6 Å². The first-order chi connectivity index (χ1) is 10.1. The minimum Gasteiger partial charge on any atom is -0.314 e. The van der Waals surface area contributed by atoms with Crippen molar-refractivity contribution in [2.24, 2.45) is 0 Å². The molecule has 1 saturated heterocycles. The maximum Gasteiger partial charge on any atom is 0.417 e. The van der Waals surface area contributed by atoms with E-state index in [1.807, 2.05) is 6.92 Å². The summed E-state index contributed by atoms with van der Waals surface area (Å²) in [5.41, 5.74) is -1.50. The van der Waals surface area contributed by atoms with Crippen LogP contribution in [0.2, 0.25) is 0 Å². The summed E-state index contributed by atoms with van der Waals surface area (Å²) in [6.45, 7) is 2.43. The molecule has 1 aromatic carbocycles. The number of halogens is 5. The summed E-state index contributed by atoms with van der Waals surface area (Å²) < 4.78 is 78.6. The molecule has 1 aliphatic heterocycles. The second-order valence-corrected chi connectivity index (χ2v) is 7.02. The Bertz CT molecular complexity index is 652. The molecule has 1 fully saturated rings. The Kier molecular flexibility index (Phi) is 6.42. The molecule has 2 N–H and O–H groups in total. The summed E-state index contributed by atoms with van der Waals surface area (Å²) in [5, 5.41) is 3.12. The number of hydrogen-bond donors (Lipinski definition) is 2. The van der Waals surface area contributed by atoms with Crippen molar-refractivity contribution in [2.45, 2.75) is 42.9 Å². The highest BCUT2D eigenvalue weighted by molar-refractivity contribution is 7.89. The highest BCUT2D eigenvalue weighted by Gasteiger charge is 2.38. The lowest BCUT2D eigenvalue weighted by Gasteiger charge is -2.28. The van der Waals surface area contributed by atoms with Crippen molar-refractivity contribution in [1.29, 1.82) is 0 Å². The molecule has 0 amide bonds. The molecule has 0 aliphatic carbocycles. The number of alkyl halides is 3. The number of hydrogen-bond acceptors (Lipinski definition) is 3. The first-order valence-corrected chi connectivity index (χ1v) is 8.20. The molecule has 0 radical (unpaired) electrons. The molecule has 1 aliphatic rings. The second kappa shape index (κ2) is 7.33. The molecular formula is C13H17ClF4N2O2S. The third-order valence-electron chi connectivity index (χ3n) is 3.48. The summed E-state index contributed by atoms with van der Waals surface area (Å²) in [6.07, 6.45) is -4.00. The van der Waals surface area contributed by atoms with Crippen LogP contribution in [0, 0.1) is 5.82 Å². The Hall–Kier alpha value is -0.900. The molecule has 0 bridgehead atoms. The molecule has 2 atom stereocenters. The third kappa shape index (κ3) is 5.03. The smallest absolute Gasteiger partial charge is 0.314 e. The molecule has 23 heavy (non-hydrogen) atoms. The first-order valence-electron chi connectivity index (χ1n) is 6.72. The van der Waals surface area contributed by atoms with Crippen LogP contribution in [0.1, 0.15) is 25.3 Å². The summed E-state index contributed by atoms with van der Waals surface area (Å²) in [7, 11) is -4.38. The number of piperidine rings is 1. The fourth-order valence-electron chi connectivity index (χ4n) is 2.48. The summed E-state index contributed by atoms with van der Waals surface area (Å²) in [6, 6.07) is 1.16. The van der Waals surface area contributed by atoms with Crippen molar-refractivity contribution in [1.82, 2.24) is 10.0 Å². The number of rotatable bonds is 3. The van der Waals surface area contributed by atoms with Crippen molar-refractivity contribution in [3.8, 4) is 0 Å². The van der Waals surface area contributed by atoms with Crippen LogP contribution < -0.4 is 10.0 Å². The van der Waals surface area contributed by atoms with E-state index in [-0.39, 0.29) is 24.5 Å². The average Bonchev–Trinajstić information content (AvgIpc) is 2.36. The van der Waals surface area contributed by atoms with Crippen LogP contribution in [-0.4, -0.2) is 27.0 Å². The molecule has 0 saturated carbocycles. The fourth-order valence-corrected chi connectivity index (χ4v) is 3.97. The maximum absolute atomic E-state index is 13.1. The van der Waals surface area contributed by atoms with Gasteiger partial charge in [0.2, 0.25) is 10.0 Å². The molecule has 2 rings (SSSR count). The third-order valence-corrected chi connectivity index (χ3v) is 5.06. The topological polar surface area (TPSA) is 58.2 Å². The van der Waals surface area contributed by atoms with Crippen LogP contribution in [-0.2, 0) is 16.2 Å². The van der Waals surface area contributed by atoms with Gasteiger partial charge < -0.3 is 5.32 Å². The van der Waals surface area contributed by atoms with E-state index in [9.17, 15) is 26.0 Å². The van der Waals surface area contributed by atoms with Gasteiger partial charge in [-0.1, -0.05) is 0 Å². The SMILES string of the molecule is CC1CC(NS(=O)(=O)c2ccc(F)cc2C(F)(F)F)CCN1.Cl. The van der Waals surface area contributed by atoms with Gasteiger partial charge in [0.05, 0.1) is 10.5 Å². The first kappa shape index (κ1) is 20.1. The van der Waals surface area contributed by atoms with Crippen LogP contribution in [0.4, 0.5) is 17.6 Å². The predicted octanol–water partition coefficient (Wildman–Crippen LogP) is 2.69. The van der Waals surface area contributed by atoms with E-state index >= 15 is 0 Å². The zero-order valence-corrected chi connectivity index (χ0v) is 13.8. The van der Waals surface area contributed by atoms with Gasteiger partial charge in [-0.25, -0.2) is 17.5 Å². The van der Waals surface area contributed by atoms with Crippen molar-refractivity contribution in [3.63, 3.8) is 0 Å². The number of nitrogens with one attached hydrogen (secondary N) is 2. The standard InChI is InChI=1S/C13H16F4N2O2S.ClH/c1-8-6-10(4-5-18-8)19-22(20,21)12-3-2-9(14)7-11(12)13(15,16)17;/h2-3,7-8,10,18-19H,4-6H2,1H3;1H. The van der Waals surface area contributed by atoms with Gasteiger partial charge in [-0.2, -0.15) is 13.2 Å². The lowest BCUT2D eigenvalue weighted by molar-refractivity contribution is -0.140. The van der Waals surface area contributed by atoms with Crippen LogP contribution >= 0.6 is 12.4 Å². The minimum atomic E-state index is -4.95. The summed E-state index contributed by atoms with van der Waals surface area (Å²) in [5.74, 6) is -1.14. The largest absolute Gasteiger partial charge is 0.417 e. The van der Waals surface area contributed by atoms with Crippen LogP contribution in [0.25, 0.3) is 0 Å². The normalized spacial score (nSPS) is 22.5. The van der Waals surface area contributed by atoms with Crippen molar-refractivity contribution < 1.29 is 26.0 Å². The number of benzene rings is 1. The minimum absolute atomic E-state index is 0. The van der Waals surface area contributed by atoms with Gasteiger partial charge in [0.15, 0.2) is 0 Å². The highest BCUT2D eigenvalue weighted by atomic mass is 35.5. The monoisotopic (exact) mass is 376 g/mol. The average molecular weight is 377 g/mol. The van der Waals surface area contributed by atoms with E-state index in [1.165, 1.54) is 0 Å². The van der Waals surface area contributed by atoms with Gasteiger partial charge in [0.1, 0.15) is 5.82 Å². The van der Waals surface area contributed by atoms with Crippen LogP contribution in [0.3, 0.4) is 0 Å². The van der Waals surface area contributed by atoms with Gasteiger partial charge in [-0.05, 0) is 44.5 Å². The summed E-state index contributed by atoms with van der Waals surface area (Å²) >= 11 is 0. The highest BCUT2D eigenvalue weighted by Crippen LogP contribution is 2.34. The number of sulfonamides is 1. The Morgan fingerprint density at radius 2 is 1.96 bits per heavy atom. The Morgan fingerprint density at radius 3 is 2.52 bits per heavy atom. The van der Waals surface area contributed by atoms with E-state index in [4.69, 9.17) is 0 Å². The zero-order chi connectivity index (χ0) is 16.5. The molecule has 1 heterocycles. The molecule has 132 valence electrons. The lowest BCUT2D eigenvalue weighted by Crippen LogP contribution is -2.46. The van der Waals surface area contributed by atoms with Gasteiger partial charge >= 0.3 is 6.18 Å². The van der Waals surface area contributed by atoms with Gasteiger partial charge in [0, 0.05) is 12.1 Å². The lowest BCUT2D eigenvalue weighted by atomic mass is 10.0. The molecule has 0 aromatic heterocycles. The molecule has 2 unspecified atom stereocenters. The van der Waals surface area contributed by atoms with E-state index in [2.05, 4.69) is 10.0 Å². The fraction of sp³-hybridized carbons (Fsp3) is 0.538. The Balaban J connectivity index is 0.00000264. The van der Waals surface area contributed by atoms with Gasteiger partial charge in [-0.15, -0.1) is 12.4 Å². The quantitative estimate of drug-likeness (QED) is 0.797. The van der Waals surface area contributed by atoms with Gasteiger partial charge in [-0.3, -0.25) is 0 Å².